The van der Waals surface area contributed by atoms with Gasteiger partial charge in [0.05, 0.1) is 13.2 Å². The van der Waals surface area contributed by atoms with Gasteiger partial charge in [-0.3, -0.25) is 0 Å². The molecule has 0 saturated heterocycles. The normalized spacial score (nSPS) is 20.6. The summed E-state index contributed by atoms with van der Waals surface area (Å²) in [6, 6.07) is 4.51. The first kappa shape index (κ1) is 15.2. The molecule has 1 N–H and O–H groups in total. The van der Waals surface area contributed by atoms with Gasteiger partial charge >= 0.3 is 0 Å². The maximum absolute atomic E-state index is 13.5. The molecule has 0 heterocycles. The Hall–Kier alpha value is -1.23. The van der Waals surface area contributed by atoms with E-state index in [4.69, 9.17) is 4.74 Å². The second-order valence-corrected chi connectivity index (χ2v) is 5.43. The molecule has 0 radical (unpaired) electrons. The fourth-order valence-corrected chi connectivity index (χ4v) is 2.69. The van der Waals surface area contributed by atoms with Gasteiger partial charge in [0.25, 0.3) is 0 Å². The number of rotatable bonds is 4. The third-order valence-corrected chi connectivity index (χ3v) is 3.97. The molecule has 5 heteroatoms. The number of benzene rings is 1. The third kappa shape index (κ3) is 3.66. The second kappa shape index (κ2) is 6.04. The lowest BCUT2D eigenvalue weighted by Gasteiger charge is -2.31. The lowest BCUT2D eigenvalue weighted by Crippen LogP contribution is -2.32. The van der Waals surface area contributed by atoms with Crippen LogP contribution in [0.4, 0.5) is 13.2 Å². The molecule has 1 saturated carbocycles. The van der Waals surface area contributed by atoms with E-state index in [-0.39, 0.29) is 30.9 Å². The summed E-state index contributed by atoms with van der Waals surface area (Å²) in [7, 11) is 1.38. The summed E-state index contributed by atoms with van der Waals surface area (Å²) in [6.07, 6.45) is -0.160. The Morgan fingerprint density at radius 2 is 2.00 bits per heavy atom. The van der Waals surface area contributed by atoms with E-state index in [0.717, 1.165) is 0 Å². The zero-order valence-electron chi connectivity index (χ0n) is 11.4. The van der Waals surface area contributed by atoms with Crippen LogP contribution in [0, 0.1) is 11.7 Å². The van der Waals surface area contributed by atoms with Gasteiger partial charge in [0.15, 0.2) is 11.6 Å². The highest BCUT2D eigenvalue weighted by molar-refractivity contribution is 5.29. The van der Waals surface area contributed by atoms with Crippen molar-refractivity contribution in [1.29, 1.82) is 0 Å². The van der Waals surface area contributed by atoms with Crippen LogP contribution in [0.1, 0.15) is 31.2 Å². The minimum atomic E-state index is -2.59. The van der Waals surface area contributed by atoms with Crippen molar-refractivity contribution in [2.24, 2.45) is 5.92 Å². The van der Waals surface area contributed by atoms with Crippen molar-refractivity contribution in [2.75, 3.05) is 7.11 Å². The lowest BCUT2D eigenvalue weighted by atomic mass is 9.81. The first-order chi connectivity index (χ1) is 9.41. The van der Waals surface area contributed by atoms with Crippen molar-refractivity contribution in [3.8, 4) is 5.75 Å². The number of alkyl halides is 2. The summed E-state index contributed by atoms with van der Waals surface area (Å²) >= 11 is 0. The van der Waals surface area contributed by atoms with Crippen molar-refractivity contribution in [2.45, 2.75) is 44.1 Å². The van der Waals surface area contributed by atoms with Crippen molar-refractivity contribution in [1.82, 2.24) is 0 Å². The molecule has 0 amide bonds. The fourth-order valence-electron chi connectivity index (χ4n) is 2.69. The first-order valence-electron chi connectivity index (χ1n) is 6.79. The Bertz CT molecular complexity index is 452. The maximum Gasteiger partial charge on any atom is 0.248 e. The van der Waals surface area contributed by atoms with Gasteiger partial charge in [-0.2, -0.15) is 0 Å². The monoisotopic (exact) mass is 288 g/mol. The quantitative estimate of drug-likeness (QED) is 0.918. The van der Waals surface area contributed by atoms with Crippen LogP contribution in [0.5, 0.6) is 5.75 Å². The Kier molecular flexibility index (Phi) is 4.58. The van der Waals surface area contributed by atoms with E-state index in [1.165, 1.54) is 19.2 Å². The maximum atomic E-state index is 13.5. The highest BCUT2D eigenvalue weighted by Gasteiger charge is 2.37. The molecular weight excluding hydrogens is 269 g/mol. The summed E-state index contributed by atoms with van der Waals surface area (Å²) in [5.41, 5.74) is 0.646. The van der Waals surface area contributed by atoms with Crippen LogP contribution in [0.2, 0.25) is 0 Å². The van der Waals surface area contributed by atoms with E-state index in [2.05, 4.69) is 0 Å². The fraction of sp³-hybridized carbons (Fsp3) is 0.600. The van der Waals surface area contributed by atoms with Crippen LogP contribution < -0.4 is 4.74 Å². The number of hydrogen-bond acceptors (Lipinski definition) is 2. The minimum Gasteiger partial charge on any atom is -0.494 e. The van der Waals surface area contributed by atoms with Crippen molar-refractivity contribution >= 4 is 0 Å². The van der Waals surface area contributed by atoms with Crippen molar-refractivity contribution in [3.63, 3.8) is 0 Å². The van der Waals surface area contributed by atoms with Gasteiger partial charge in [-0.25, -0.2) is 13.2 Å². The number of halogens is 3. The molecule has 0 bridgehead atoms. The largest absolute Gasteiger partial charge is 0.494 e. The predicted molar refractivity (Wildman–Crippen MR) is 69.6 cm³/mol. The van der Waals surface area contributed by atoms with Crippen molar-refractivity contribution < 1.29 is 23.0 Å². The van der Waals surface area contributed by atoms with Crippen LogP contribution in [-0.2, 0) is 6.42 Å². The molecule has 0 aliphatic heterocycles. The molecule has 1 aromatic rings. The van der Waals surface area contributed by atoms with E-state index >= 15 is 0 Å². The van der Waals surface area contributed by atoms with Gasteiger partial charge < -0.3 is 9.84 Å². The van der Waals surface area contributed by atoms with E-state index in [0.29, 0.717) is 18.4 Å². The topological polar surface area (TPSA) is 29.5 Å². The Morgan fingerprint density at radius 3 is 2.55 bits per heavy atom. The molecule has 20 heavy (non-hydrogen) atoms. The van der Waals surface area contributed by atoms with Gasteiger partial charge in [0, 0.05) is 12.8 Å². The van der Waals surface area contributed by atoms with E-state index < -0.39 is 17.8 Å². The molecule has 1 aliphatic rings. The van der Waals surface area contributed by atoms with Crippen LogP contribution in [0.3, 0.4) is 0 Å². The predicted octanol–water partition coefficient (Wildman–Crippen LogP) is 3.56. The van der Waals surface area contributed by atoms with E-state index in [1.807, 2.05) is 0 Å². The summed E-state index contributed by atoms with van der Waals surface area (Å²) in [5, 5.41) is 10.1. The SMILES string of the molecule is COc1ccc(CC(O)C2CCC(F)(F)CC2)cc1F. The van der Waals surface area contributed by atoms with Gasteiger partial charge in [-0.15, -0.1) is 0 Å². The summed E-state index contributed by atoms with van der Waals surface area (Å²) in [4.78, 5) is 0. The Labute approximate surface area is 116 Å². The number of ether oxygens (including phenoxy) is 1. The number of methoxy groups -OCH3 is 1. The van der Waals surface area contributed by atoms with Gasteiger partial charge in [0.1, 0.15) is 0 Å². The van der Waals surface area contributed by atoms with Gasteiger partial charge in [-0.05, 0) is 42.9 Å². The van der Waals surface area contributed by atoms with Gasteiger partial charge in [0.2, 0.25) is 5.92 Å². The first-order valence-corrected chi connectivity index (χ1v) is 6.79. The van der Waals surface area contributed by atoms with Crippen LogP contribution in [-0.4, -0.2) is 24.2 Å². The van der Waals surface area contributed by atoms with Crippen LogP contribution >= 0.6 is 0 Å². The van der Waals surface area contributed by atoms with Crippen LogP contribution in [0.15, 0.2) is 18.2 Å². The smallest absolute Gasteiger partial charge is 0.248 e. The Balaban J connectivity index is 1.94. The summed E-state index contributed by atoms with van der Waals surface area (Å²) in [5.74, 6) is -3.06. The molecule has 1 atom stereocenters. The van der Waals surface area contributed by atoms with Crippen molar-refractivity contribution in [3.05, 3.63) is 29.6 Å². The summed E-state index contributed by atoms with van der Waals surface area (Å²) < 4.78 is 44.5. The second-order valence-electron chi connectivity index (χ2n) is 5.43. The number of hydrogen-bond donors (Lipinski definition) is 1. The molecule has 1 aliphatic carbocycles. The zero-order chi connectivity index (χ0) is 14.8. The average molecular weight is 288 g/mol. The third-order valence-electron chi connectivity index (χ3n) is 3.97. The molecule has 0 aromatic heterocycles. The van der Waals surface area contributed by atoms with Gasteiger partial charge in [-0.1, -0.05) is 6.07 Å². The Morgan fingerprint density at radius 1 is 1.35 bits per heavy atom. The molecule has 2 rings (SSSR count). The number of aliphatic hydroxyl groups is 1. The highest BCUT2D eigenvalue weighted by Crippen LogP contribution is 2.38. The molecule has 1 unspecified atom stereocenters. The lowest BCUT2D eigenvalue weighted by molar-refractivity contribution is -0.0619. The standard InChI is InChI=1S/C15H19F3O2/c1-20-14-3-2-10(8-12(14)16)9-13(19)11-4-6-15(17,18)7-5-11/h2-3,8,11,13,19H,4-7,9H2,1H3. The average Bonchev–Trinajstić information content (AvgIpc) is 2.38. The van der Waals surface area contributed by atoms with E-state index in [9.17, 15) is 18.3 Å². The molecule has 0 spiro atoms. The zero-order valence-corrected chi connectivity index (χ0v) is 11.4. The molecule has 1 fully saturated rings. The minimum absolute atomic E-state index is 0.139. The van der Waals surface area contributed by atoms with Crippen LogP contribution in [0.25, 0.3) is 0 Å². The van der Waals surface area contributed by atoms with E-state index in [1.54, 1.807) is 6.07 Å². The highest BCUT2D eigenvalue weighted by atomic mass is 19.3. The molecular formula is C15H19F3O2. The molecule has 112 valence electrons. The summed E-state index contributed by atoms with van der Waals surface area (Å²) in [6.45, 7) is 0. The molecule has 2 nitrogen and oxygen atoms in total. The molecule has 1 aromatic carbocycles. The number of aliphatic hydroxyl groups excluding tert-OH is 1.